The Morgan fingerprint density at radius 3 is 2.69 bits per heavy atom. The van der Waals surface area contributed by atoms with E-state index in [1.165, 1.54) is 0 Å². The molecule has 0 spiro atoms. The first kappa shape index (κ1) is 9.14. The summed E-state index contributed by atoms with van der Waals surface area (Å²) in [5, 5.41) is 0. The number of amides is 1. The lowest BCUT2D eigenvalue weighted by molar-refractivity contribution is -0.112. The minimum atomic E-state index is -0.628. The molecule has 1 aromatic carbocycles. The smallest absolute Gasteiger partial charge is 0.293 e. The number of nitrogens with two attached hydrogens (primary N) is 2. The number of anilines is 1. The predicted octanol–water partition coefficient (Wildman–Crippen LogP) is 0.414. The van der Waals surface area contributed by atoms with Crippen molar-refractivity contribution >= 4 is 11.6 Å². The van der Waals surface area contributed by atoms with Gasteiger partial charge in [-0.2, -0.15) is 0 Å². The highest BCUT2D eigenvalue weighted by Crippen LogP contribution is 2.10. The van der Waals surface area contributed by atoms with E-state index < -0.39 is 5.91 Å². The normalized spacial score (nSPS) is 8.69. The van der Waals surface area contributed by atoms with E-state index in [-0.39, 0.29) is 0 Å². The van der Waals surface area contributed by atoms with E-state index in [4.69, 9.17) is 11.5 Å². The maximum Gasteiger partial charge on any atom is 0.293 e. The highest BCUT2D eigenvalue weighted by molar-refractivity contribution is 5.92. The zero-order valence-electron chi connectivity index (χ0n) is 7.29. The van der Waals surface area contributed by atoms with E-state index in [1.54, 1.807) is 18.2 Å². The average Bonchev–Trinajstić information content (AvgIpc) is 2.02. The fraction of sp³-hybridized carbons (Fsp3) is 0.100. The van der Waals surface area contributed by atoms with Gasteiger partial charge in [0.05, 0.1) is 0 Å². The number of hydrogen-bond donors (Lipinski definition) is 2. The van der Waals surface area contributed by atoms with E-state index in [9.17, 15) is 4.79 Å². The Morgan fingerprint density at radius 1 is 1.46 bits per heavy atom. The van der Waals surface area contributed by atoms with Gasteiger partial charge in [0.2, 0.25) is 0 Å². The molecule has 0 aliphatic heterocycles. The molecule has 0 bridgehead atoms. The summed E-state index contributed by atoms with van der Waals surface area (Å²) in [6.07, 6.45) is 0. The van der Waals surface area contributed by atoms with Gasteiger partial charge in [0.25, 0.3) is 5.91 Å². The first-order chi connectivity index (χ1) is 6.09. The minimum Gasteiger partial charge on any atom is -0.399 e. The zero-order chi connectivity index (χ0) is 9.84. The first-order valence-electron chi connectivity index (χ1n) is 3.77. The fourth-order valence-electron chi connectivity index (χ4n) is 0.956. The van der Waals surface area contributed by atoms with Crippen molar-refractivity contribution < 1.29 is 4.79 Å². The monoisotopic (exact) mass is 174 g/mol. The number of aryl methyl sites for hydroxylation is 1. The molecule has 0 radical (unpaired) electrons. The highest BCUT2D eigenvalue weighted by Gasteiger charge is 1.94. The summed E-state index contributed by atoms with van der Waals surface area (Å²) in [6.45, 7) is 1.88. The summed E-state index contributed by atoms with van der Waals surface area (Å²) in [5.74, 6) is 4.30. The SMILES string of the molecule is Cc1cc(N)ccc1C#CC(N)=O. The van der Waals surface area contributed by atoms with Crippen LogP contribution < -0.4 is 11.5 Å². The Hall–Kier alpha value is -1.95. The van der Waals surface area contributed by atoms with Crippen molar-refractivity contribution in [3.05, 3.63) is 29.3 Å². The molecule has 66 valence electrons. The molecule has 0 saturated heterocycles. The lowest BCUT2D eigenvalue weighted by Gasteiger charge is -1.98. The van der Waals surface area contributed by atoms with Crippen LogP contribution in [0.3, 0.4) is 0 Å². The molecule has 0 aromatic heterocycles. The summed E-state index contributed by atoms with van der Waals surface area (Å²) in [4.78, 5) is 10.4. The summed E-state index contributed by atoms with van der Waals surface area (Å²) in [6, 6.07) is 5.30. The summed E-state index contributed by atoms with van der Waals surface area (Å²) in [7, 11) is 0. The van der Waals surface area contributed by atoms with E-state index in [0.29, 0.717) is 5.69 Å². The minimum absolute atomic E-state index is 0.628. The second-order valence-corrected chi connectivity index (χ2v) is 2.69. The van der Waals surface area contributed by atoms with Gasteiger partial charge in [0, 0.05) is 11.3 Å². The van der Waals surface area contributed by atoms with E-state index >= 15 is 0 Å². The van der Waals surface area contributed by atoms with Crippen molar-refractivity contribution in [1.82, 2.24) is 0 Å². The van der Waals surface area contributed by atoms with Gasteiger partial charge in [-0.3, -0.25) is 4.79 Å². The molecular formula is C10H10N2O. The van der Waals surface area contributed by atoms with Crippen LogP contribution >= 0.6 is 0 Å². The lowest BCUT2D eigenvalue weighted by atomic mass is 10.1. The second-order valence-electron chi connectivity index (χ2n) is 2.69. The molecule has 3 nitrogen and oxygen atoms in total. The molecule has 0 saturated carbocycles. The number of primary amides is 1. The predicted molar refractivity (Wildman–Crippen MR) is 51.7 cm³/mol. The van der Waals surface area contributed by atoms with Crippen molar-refractivity contribution in [2.75, 3.05) is 5.73 Å². The van der Waals surface area contributed by atoms with Crippen LogP contribution in [0.4, 0.5) is 5.69 Å². The van der Waals surface area contributed by atoms with Crippen LogP contribution in [0.25, 0.3) is 0 Å². The summed E-state index contributed by atoms with van der Waals surface area (Å²) < 4.78 is 0. The average molecular weight is 174 g/mol. The van der Waals surface area contributed by atoms with E-state index in [2.05, 4.69) is 11.8 Å². The second kappa shape index (κ2) is 3.63. The number of carbonyl (C=O) groups is 1. The van der Waals surface area contributed by atoms with Crippen molar-refractivity contribution in [2.45, 2.75) is 6.92 Å². The van der Waals surface area contributed by atoms with Gasteiger partial charge in [0.15, 0.2) is 0 Å². The van der Waals surface area contributed by atoms with Gasteiger partial charge >= 0.3 is 0 Å². The van der Waals surface area contributed by atoms with Crippen molar-refractivity contribution in [1.29, 1.82) is 0 Å². The number of rotatable bonds is 0. The molecule has 0 unspecified atom stereocenters. The number of carbonyl (C=O) groups excluding carboxylic acids is 1. The quantitative estimate of drug-likeness (QED) is 0.442. The Bertz CT molecular complexity index is 399. The molecule has 0 heterocycles. The van der Waals surface area contributed by atoms with E-state index in [1.807, 2.05) is 6.92 Å². The molecule has 1 rings (SSSR count). The number of benzene rings is 1. The molecule has 1 amide bonds. The summed E-state index contributed by atoms with van der Waals surface area (Å²) in [5.41, 5.74) is 12.8. The van der Waals surface area contributed by atoms with Crippen molar-refractivity contribution in [2.24, 2.45) is 5.73 Å². The van der Waals surface area contributed by atoms with E-state index in [0.717, 1.165) is 11.1 Å². The van der Waals surface area contributed by atoms with Crippen LogP contribution in [-0.4, -0.2) is 5.91 Å². The topological polar surface area (TPSA) is 69.1 Å². The molecule has 1 aromatic rings. The third-order valence-corrected chi connectivity index (χ3v) is 1.57. The molecule has 0 aliphatic carbocycles. The molecule has 4 N–H and O–H groups in total. The van der Waals surface area contributed by atoms with Gasteiger partial charge in [-0.15, -0.1) is 0 Å². The number of nitrogen functional groups attached to an aromatic ring is 1. The van der Waals surface area contributed by atoms with Crippen LogP contribution in [0.15, 0.2) is 18.2 Å². The number of hydrogen-bond acceptors (Lipinski definition) is 2. The van der Waals surface area contributed by atoms with Crippen molar-refractivity contribution in [3.63, 3.8) is 0 Å². The molecule has 0 aliphatic rings. The van der Waals surface area contributed by atoms with Gasteiger partial charge < -0.3 is 11.5 Å². The Morgan fingerprint density at radius 2 is 2.15 bits per heavy atom. The zero-order valence-corrected chi connectivity index (χ0v) is 7.29. The van der Waals surface area contributed by atoms with Crippen LogP contribution in [-0.2, 0) is 4.79 Å². The lowest BCUT2D eigenvalue weighted by Crippen LogP contribution is -2.06. The van der Waals surface area contributed by atoms with Gasteiger partial charge in [-0.25, -0.2) is 0 Å². The largest absolute Gasteiger partial charge is 0.399 e. The highest BCUT2D eigenvalue weighted by atomic mass is 16.1. The molecule has 0 atom stereocenters. The third-order valence-electron chi connectivity index (χ3n) is 1.57. The third kappa shape index (κ3) is 2.53. The Balaban J connectivity index is 3.05. The maximum atomic E-state index is 10.4. The van der Waals surface area contributed by atoms with Crippen LogP contribution in [0.1, 0.15) is 11.1 Å². The van der Waals surface area contributed by atoms with Crippen LogP contribution in [0.2, 0.25) is 0 Å². The van der Waals surface area contributed by atoms with Crippen molar-refractivity contribution in [3.8, 4) is 11.8 Å². The summed E-state index contributed by atoms with van der Waals surface area (Å²) >= 11 is 0. The van der Waals surface area contributed by atoms with Gasteiger partial charge in [-0.1, -0.05) is 5.92 Å². The maximum absolute atomic E-state index is 10.4. The first-order valence-corrected chi connectivity index (χ1v) is 3.77. The van der Waals surface area contributed by atoms with Crippen LogP contribution in [0.5, 0.6) is 0 Å². The Kier molecular flexibility index (Phi) is 2.56. The molecule has 0 fully saturated rings. The molecular weight excluding hydrogens is 164 g/mol. The molecule has 13 heavy (non-hydrogen) atoms. The molecule has 3 heteroatoms. The Labute approximate surface area is 76.7 Å². The van der Waals surface area contributed by atoms with Gasteiger partial charge in [-0.05, 0) is 36.6 Å². The standard InChI is InChI=1S/C10H10N2O/c1-7-6-9(11)4-2-8(7)3-5-10(12)13/h2,4,6H,11H2,1H3,(H2,12,13). The van der Waals surface area contributed by atoms with Crippen LogP contribution in [0, 0.1) is 18.8 Å². The van der Waals surface area contributed by atoms with Gasteiger partial charge in [0.1, 0.15) is 0 Å². The fourth-order valence-corrected chi connectivity index (χ4v) is 0.956.